The van der Waals surface area contributed by atoms with Crippen molar-refractivity contribution in [3.05, 3.63) is 22.4 Å². The minimum Gasteiger partial charge on any atom is -0.326 e. The fraction of sp³-hybridized carbons (Fsp3) is 0.667. The van der Waals surface area contributed by atoms with Gasteiger partial charge in [0.1, 0.15) is 0 Å². The molecule has 3 heteroatoms. The van der Waals surface area contributed by atoms with Gasteiger partial charge in [0.2, 0.25) is 0 Å². The van der Waals surface area contributed by atoms with Gasteiger partial charge in [-0.3, -0.25) is 4.90 Å². The van der Waals surface area contributed by atoms with Crippen molar-refractivity contribution in [3.63, 3.8) is 0 Å². The monoisotopic (exact) mass is 226 g/mol. The van der Waals surface area contributed by atoms with Gasteiger partial charge in [-0.2, -0.15) is 0 Å². The lowest BCUT2D eigenvalue weighted by Gasteiger charge is -2.32. The minimum atomic E-state index is 0.190. The Balaban J connectivity index is 2.81. The molecule has 1 aromatic heterocycles. The van der Waals surface area contributed by atoms with E-state index in [-0.39, 0.29) is 6.04 Å². The molecule has 1 rings (SSSR count). The Morgan fingerprint density at radius 2 is 2.20 bits per heavy atom. The van der Waals surface area contributed by atoms with Gasteiger partial charge in [-0.25, -0.2) is 0 Å². The van der Waals surface area contributed by atoms with Crippen LogP contribution in [-0.4, -0.2) is 24.0 Å². The zero-order valence-corrected chi connectivity index (χ0v) is 10.8. The van der Waals surface area contributed by atoms with Gasteiger partial charge in [0.15, 0.2) is 0 Å². The average molecular weight is 226 g/mol. The number of hydrogen-bond acceptors (Lipinski definition) is 3. The maximum Gasteiger partial charge on any atom is 0.0590 e. The second-order valence-electron chi connectivity index (χ2n) is 3.95. The zero-order chi connectivity index (χ0) is 11.3. The minimum absolute atomic E-state index is 0.190. The predicted molar refractivity (Wildman–Crippen MR) is 68.2 cm³/mol. The highest BCUT2D eigenvalue weighted by atomic mass is 32.1. The van der Waals surface area contributed by atoms with Crippen LogP contribution in [0.2, 0.25) is 0 Å². The van der Waals surface area contributed by atoms with Gasteiger partial charge in [0, 0.05) is 10.9 Å². The largest absolute Gasteiger partial charge is 0.326 e. The lowest BCUT2D eigenvalue weighted by molar-refractivity contribution is 0.189. The Morgan fingerprint density at radius 1 is 1.47 bits per heavy atom. The van der Waals surface area contributed by atoms with Crippen LogP contribution in [0.25, 0.3) is 0 Å². The van der Waals surface area contributed by atoms with Gasteiger partial charge in [-0.05, 0) is 37.9 Å². The van der Waals surface area contributed by atoms with Crippen LogP contribution in [-0.2, 0) is 0 Å². The normalized spacial score (nSPS) is 15.5. The Morgan fingerprint density at radius 3 is 2.60 bits per heavy atom. The molecule has 0 aromatic carbocycles. The number of nitrogens with zero attached hydrogens (tertiary/aromatic N) is 1. The van der Waals surface area contributed by atoms with E-state index in [1.165, 1.54) is 11.3 Å². The molecule has 0 spiro atoms. The molecule has 0 radical (unpaired) electrons. The zero-order valence-electron chi connectivity index (χ0n) is 9.94. The first-order valence-electron chi connectivity index (χ1n) is 5.73. The van der Waals surface area contributed by atoms with Crippen molar-refractivity contribution in [1.29, 1.82) is 0 Å². The van der Waals surface area contributed by atoms with Crippen molar-refractivity contribution in [2.75, 3.05) is 13.1 Å². The third-order valence-corrected chi connectivity index (χ3v) is 3.59. The fourth-order valence-electron chi connectivity index (χ4n) is 2.01. The summed E-state index contributed by atoms with van der Waals surface area (Å²) in [6, 6.07) is 4.87. The lowest BCUT2D eigenvalue weighted by atomic mass is 10.1. The third-order valence-electron chi connectivity index (χ3n) is 2.64. The molecule has 2 atom stereocenters. The number of hydrogen-bond donors (Lipinski definition) is 1. The first-order chi connectivity index (χ1) is 7.20. The van der Waals surface area contributed by atoms with Crippen molar-refractivity contribution in [1.82, 2.24) is 4.90 Å². The van der Waals surface area contributed by atoms with Crippen LogP contribution < -0.4 is 5.73 Å². The molecule has 2 N–H and O–H groups in total. The quantitative estimate of drug-likeness (QED) is 0.808. The second kappa shape index (κ2) is 6.26. The fourth-order valence-corrected chi connectivity index (χ4v) is 2.99. The van der Waals surface area contributed by atoms with Crippen molar-refractivity contribution in [2.24, 2.45) is 5.73 Å². The summed E-state index contributed by atoms with van der Waals surface area (Å²) in [5, 5.41) is 2.13. The summed E-state index contributed by atoms with van der Waals surface area (Å²) in [5.41, 5.74) is 6.10. The van der Waals surface area contributed by atoms with Gasteiger partial charge in [0.25, 0.3) is 0 Å². The van der Waals surface area contributed by atoms with Gasteiger partial charge in [-0.15, -0.1) is 11.3 Å². The summed E-state index contributed by atoms with van der Waals surface area (Å²) in [4.78, 5) is 3.86. The molecule has 2 unspecified atom stereocenters. The molecule has 0 saturated carbocycles. The van der Waals surface area contributed by atoms with Gasteiger partial charge in [-0.1, -0.05) is 19.9 Å². The number of thiophene rings is 1. The molecule has 0 saturated heterocycles. The maximum atomic E-state index is 6.10. The smallest absolute Gasteiger partial charge is 0.0590 e. The van der Waals surface area contributed by atoms with E-state index in [9.17, 15) is 0 Å². The van der Waals surface area contributed by atoms with Crippen LogP contribution in [0.1, 0.15) is 38.1 Å². The lowest BCUT2D eigenvalue weighted by Crippen LogP contribution is -2.39. The molecule has 0 fully saturated rings. The number of nitrogens with two attached hydrogens (primary N) is 1. The molecule has 1 aromatic rings. The average Bonchev–Trinajstić information content (AvgIpc) is 2.69. The van der Waals surface area contributed by atoms with E-state index >= 15 is 0 Å². The molecule has 0 bridgehead atoms. The highest BCUT2D eigenvalue weighted by molar-refractivity contribution is 7.10. The molecule has 1 heterocycles. The SMILES string of the molecule is CCCN(CC)C(c1cccs1)C(C)N. The van der Waals surface area contributed by atoms with E-state index in [0.717, 1.165) is 13.1 Å². The number of likely N-dealkylation sites (N-methyl/N-ethyl adjacent to an activating group) is 1. The first kappa shape index (κ1) is 12.7. The Labute approximate surface area is 97.1 Å². The molecular weight excluding hydrogens is 204 g/mol. The summed E-state index contributed by atoms with van der Waals surface area (Å²) in [5.74, 6) is 0. The summed E-state index contributed by atoms with van der Waals surface area (Å²) in [6.45, 7) is 8.72. The summed E-state index contributed by atoms with van der Waals surface area (Å²) < 4.78 is 0. The van der Waals surface area contributed by atoms with Crippen LogP contribution >= 0.6 is 11.3 Å². The van der Waals surface area contributed by atoms with E-state index in [1.54, 1.807) is 0 Å². The standard InChI is InChI=1S/C12H22N2S/c1-4-8-14(5-2)12(10(3)13)11-7-6-9-15-11/h6-7,9-10,12H,4-5,8,13H2,1-3H3. The third kappa shape index (κ3) is 3.30. The van der Waals surface area contributed by atoms with E-state index in [2.05, 4.69) is 43.2 Å². The molecule has 0 aliphatic rings. The van der Waals surface area contributed by atoms with Crippen LogP contribution in [0.15, 0.2) is 17.5 Å². The Kier molecular flexibility index (Phi) is 5.29. The highest BCUT2D eigenvalue weighted by Crippen LogP contribution is 2.27. The van der Waals surface area contributed by atoms with Gasteiger partial charge in [0.05, 0.1) is 6.04 Å². The molecule has 0 aliphatic carbocycles. The van der Waals surface area contributed by atoms with Crippen LogP contribution in [0.4, 0.5) is 0 Å². The van der Waals surface area contributed by atoms with Crippen LogP contribution in [0.3, 0.4) is 0 Å². The van der Waals surface area contributed by atoms with Crippen molar-refractivity contribution >= 4 is 11.3 Å². The highest BCUT2D eigenvalue weighted by Gasteiger charge is 2.22. The van der Waals surface area contributed by atoms with Gasteiger partial charge < -0.3 is 5.73 Å². The molecule has 2 nitrogen and oxygen atoms in total. The Hall–Kier alpha value is -0.380. The molecule has 0 aliphatic heterocycles. The molecular formula is C12H22N2S. The van der Waals surface area contributed by atoms with Gasteiger partial charge >= 0.3 is 0 Å². The van der Waals surface area contributed by atoms with E-state index in [1.807, 2.05) is 11.3 Å². The van der Waals surface area contributed by atoms with E-state index in [4.69, 9.17) is 5.73 Å². The molecule has 0 amide bonds. The summed E-state index contributed by atoms with van der Waals surface area (Å²) >= 11 is 1.81. The van der Waals surface area contributed by atoms with Crippen LogP contribution in [0, 0.1) is 0 Å². The first-order valence-corrected chi connectivity index (χ1v) is 6.61. The predicted octanol–water partition coefficient (Wildman–Crippen LogP) is 2.87. The molecule has 86 valence electrons. The summed E-state index contributed by atoms with van der Waals surface area (Å²) in [6.07, 6.45) is 1.18. The van der Waals surface area contributed by atoms with Crippen molar-refractivity contribution in [3.8, 4) is 0 Å². The number of rotatable bonds is 6. The second-order valence-corrected chi connectivity index (χ2v) is 4.93. The topological polar surface area (TPSA) is 29.3 Å². The Bertz CT molecular complexity index is 257. The van der Waals surface area contributed by atoms with Crippen molar-refractivity contribution in [2.45, 2.75) is 39.3 Å². The summed E-state index contributed by atoms with van der Waals surface area (Å²) in [7, 11) is 0. The van der Waals surface area contributed by atoms with Crippen LogP contribution in [0.5, 0.6) is 0 Å². The maximum absolute atomic E-state index is 6.10. The molecule has 15 heavy (non-hydrogen) atoms. The van der Waals surface area contributed by atoms with E-state index in [0.29, 0.717) is 6.04 Å². The van der Waals surface area contributed by atoms with Crippen molar-refractivity contribution < 1.29 is 0 Å². The van der Waals surface area contributed by atoms with E-state index < -0.39 is 0 Å².